The van der Waals surface area contributed by atoms with E-state index >= 15 is 0 Å². The SMILES string of the molecule is CC(C)NC(=O)C1CCC(N2C(=NC(=O)c3cc(F)cc(Cl)c3)Cc3ccc(CN4CCC(C(C)(C)O)CC4)cc32)CC1. The van der Waals surface area contributed by atoms with E-state index in [1.165, 1.54) is 23.8 Å². The summed E-state index contributed by atoms with van der Waals surface area (Å²) < 4.78 is 14.0. The lowest BCUT2D eigenvalue weighted by molar-refractivity contribution is -0.126. The van der Waals surface area contributed by atoms with Crippen LogP contribution in [0.25, 0.3) is 0 Å². The van der Waals surface area contributed by atoms with Crippen LogP contribution in [-0.2, 0) is 17.8 Å². The molecule has 0 atom stereocenters. The molecule has 0 unspecified atom stereocenters. The molecular weight excluding hydrogens is 567 g/mol. The van der Waals surface area contributed by atoms with Crippen molar-refractivity contribution in [2.75, 3.05) is 18.0 Å². The number of likely N-dealkylation sites (tertiary alicyclic amines) is 1. The van der Waals surface area contributed by atoms with E-state index < -0.39 is 17.3 Å². The second kappa shape index (κ2) is 13.0. The van der Waals surface area contributed by atoms with Gasteiger partial charge in [-0.25, -0.2) is 4.39 Å². The van der Waals surface area contributed by atoms with Gasteiger partial charge in [0.25, 0.3) is 5.91 Å². The molecule has 2 aromatic carbocycles. The Morgan fingerprint density at radius 3 is 2.40 bits per heavy atom. The quantitative estimate of drug-likeness (QED) is 0.393. The van der Waals surface area contributed by atoms with Crippen molar-refractivity contribution >= 4 is 34.9 Å². The van der Waals surface area contributed by atoms with E-state index in [1.54, 1.807) is 0 Å². The van der Waals surface area contributed by atoms with Gasteiger partial charge in [-0.3, -0.25) is 14.5 Å². The highest BCUT2D eigenvalue weighted by Gasteiger charge is 2.37. The molecule has 0 bridgehead atoms. The van der Waals surface area contributed by atoms with Crippen molar-refractivity contribution in [3.63, 3.8) is 0 Å². The van der Waals surface area contributed by atoms with Crippen molar-refractivity contribution in [3.05, 3.63) is 63.9 Å². The summed E-state index contributed by atoms with van der Waals surface area (Å²) in [6.45, 7) is 10.4. The molecule has 2 N–H and O–H groups in total. The molecule has 2 amide bonds. The number of hydrogen-bond donors (Lipinski definition) is 2. The average molecular weight is 611 g/mol. The minimum absolute atomic E-state index is 0.0182. The maximum atomic E-state index is 14.0. The van der Waals surface area contributed by atoms with Crippen LogP contribution in [0, 0.1) is 17.7 Å². The zero-order chi connectivity index (χ0) is 30.9. The first kappa shape index (κ1) is 31.6. The van der Waals surface area contributed by atoms with Gasteiger partial charge in [-0.05, 0) is 121 Å². The van der Waals surface area contributed by atoms with Crippen LogP contribution in [0.4, 0.5) is 10.1 Å². The van der Waals surface area contributed by atoms with Gasteiger partial charge in [0.2, 0.25) is 5.91 Å². The predicted octanol–water partition coefficient (Wildman–Crippen LogP) is 6.15. The number of aliphatic hydroxyl groups is 1. The van der Waals surface area contributed by atoms with Crippen molar-refractivity contribution < 1.29 is 19.1 Å². The first-order chi connectivity index (χ1) is 20.4. The monoisotopic (exact) mass is 610 g/mol. The molecule has 1 saturated heterocycles. The van der Waals surface area contributed by atoms with E-state index in [0.717, 1.165) is 69.4 Å². The third-order valence-electron chi connectivity index (χ3n) is 9.23. The molecule has 0 aromatic heterocycles. The number of nitrogens with zero attached hydrogens (tertiary/aromatic N) is 3. The lowest BCUT2D eigenvalue weighted by atomic mass is 9.83. The van der Waals surface area contributed by atoms with E-state index in [-0.39, 0.29) is 34.5 Å². The molecule has 232 valence electrons. The van der Waals surface area contributed by atoms with Gasteiger partial charge in [0.05, 0.1) is 5.60 Å². The van der Waals surface area contributed by atoms with Crippen LogP contribution in [0.5, 0.6) is 0 Å². The summed E-state index contributed by atoms with van der Waals surface area (Å²) in [6, 6.07) is 10.5. The number of amides is 2. The smallest absolute Gasteiger partial charge is 0.278 e. The number of benzene rings is 2. The molecule has 2 aromatic rings. The fourth-order valence-electron chi connectivity index (χ4n) is 6.89. The Morgan fingerprint density at radius 1 is 1.07 bits per heavy atom. The van der Waals surface area contributed by atoms with Crippen LogP contribution >= 0.6 is 11.6 Å². The Labute approximate surface area is 259 Å². The number of carbonyl (C=O) groups is 2. The largest absolute Gasteiger partial charge is 0.390 e. The average Bonchev–Trinajstić information content (AvgIpc) is 3.29. The first-order valence-corrected chi connectivity index (χ1v) is 16.0. The number of amidine groups is 1. The van der Waals surface area contributed by atoms with E-state index in [1.807, 2.05) is 27.7 Å². The van der Waals surface area contributed by atoms with Crippen LogP contribution in [-0.4, -0.2) is 58.4 Å². The number of hydrogen-bond acceptors (Lipinski definition) is 4. The number of aliphatic imine (C=N–C) groups is 1. The normalized spacial score (nSPS) is 22.7. The molecule has 3 aliphatic rings. The van der Waals surface area contributed by atoms with Gasteiger partial charge in [-0.2, -0.15) is 4.99 Å². The van der Waals surface area contributed by atoms with Crippen LogP contribution in [0.2, 0.25) is 5.02 Å². The highest BCUT2D eigenvalue weighted by molar-refractivity contribution is 6.31. The highest BCUT2D eigenvalue weighted by Crippen LogP contribution is 2.38. The number of carbonyl (C=O) groups excluding carboxylic acids is 2. The highest BCUT2D eigenvalue weighted by atomic mass is 35.5. The van der Waals surface area contributed by atoms with Gasteiger partial charge >= 0.3 is 0 Å². The number of rotatable bonds is 7. The molecule has 0 radical (unpaired) electrons. The van der Waals surface area contributed by atoms with E-state index in [4.69, 9.17) is 11.6 Å². The minimum atomic E-state index is -0.654. The molecule has 2 aliphatic heterocycles. The van der Waals surface area contributed by atoms with Crippen molar-refractivity contribution in [3.8, 4) is 0 Å². The number of piperidine rings is 1. The molecule has 2 heterocycles. The van der Waals surface area contributed by atoms with Crippen LogP contribution < -0.4 is 10.2 Å². The Morgan fingerprint density at radius 2 is 1.77 bits per heavy atom. The van der Waals surface area contributed by atoms with Crippen LogP contribution in [0.3, 0.4) is 0 Å². The zero-order valence-corrected chi connectivity index (χ0v) is 26.5. The van der Waals surface area contributed by atoms with Crippen LogP contribution in [0.1, 0.15) is 87.7 Å². The van der Waals surface area contributed by atoms with E-state index in [9.17, 15) is 19.1 Å². The molecule has 0 spiro atoms. The van der Waals surface area contributed by atoms with Gasteiger partial charge in [0, 0.05) is 47.2 Å². The Bertz CT molecular complexity index is 1350. The molecule has 1 aliphatic carbocycles. The summed E-state index contributed by atoms with van der Waals surface area (Å²) >= 11 is 6.03. The number of fused-ring (bicyclic) bond motifs is 1. The Balaban J connectivity index is 1.38. The lowest BCUT2D eigenvalue weighted by Gasteiger charge is -2.38. The second-order valence-electron chi connectivity index (χ2n) is 13.4. The van der Waals surface area contributed by atoms with Gasteiger partial charge < -0.3 is 15.3 Å². The van der Waals surface area contributed by atoms with E-state index in [0.29, 0.717) is 18.2 Å². The zero-order valence-electron chi connectivity index (χ0n) is 25.7. The van der Waals surface area contributed by atoms with Crippen molar-refractivity contribution in [1.82, 2.24) is 10.2 Å². The van der Waals surface area contributed by atoms with Gasteiger partial charge in [0.1, 0.15) is 11.7 Å². The molecule has 2 fully saturated rings. The summed E-state index contributed by atoms with van der Waals surface area (Å²) in [5.41, 5.74) is 2.83. The first-order valence-electron chi connectivity index (χ1n) is 15.6. The summed E-state index contributed by atoms with van der Waals surface area (Å²) in [5.74, 6) is -0.0425. The van der Waals surface area contributed by atoms with Crippen LogP contribution in [0.15, 0.2) is 41.4 Å². The van der Waals surface area contributed by atoms with Gasteiger partial charge in [0.15, 0.2) is 0 Å². The predicted molar refractivity (Wildman–Crippen MR) is 169 cm³/mol. The van der Waals surface area contributed by atoms with Crippen molar-refractivity contribution in [2.45, 2.75) is 96.9 Å². The summed E-state index contributed by atoms with van der Waals surface area (Å²) in [7, 11) is 0. The fraction of sp³-hybridized carbons (Fsp3) is 0.559. The van der Waals surface area contributed by atoms with Crippen molar-refractivity contribution in [2.24, 2.45) is 16.8 Å². The summed E-state index contributed by atoms with van der Waals surface area (Å²) in [5, 5.41) is 13.7. The third kappa shape index (κ3) is 7.65. The molecular formula is C34H44ClFN4O3. The number of anilines is 1. The lowest BCUT2D eigenvalue weighted by Crippen LogP contribution is -2.44. The maximum absolute atomic E-state index is 14.0. The molecule has 43 heavy (non-hydrogen) atoms. The molecule has 1 saturated carbocycles. The summed E-state index contributed by atoms with van der Waals surface area (Å²) in [4.78, 5) is 35.1. The minimum Gasteiger partial charge on any atom is -0.390 e. The molecule has 7 nitrogen and oxygen atoms in total. The second-order valence-corrected chi connectivity index (χ2v) is 13.8. The Kier molecular flexibility index (Phi) is 9.59. The summed E-state index contributed by atoms with van der Waals surface area (Å²) in [6.07, 6.45) is 5.60. The van der Waals surface area contributed by atoms with Crippen molar-refractivity contribution in [1.29, 1.82) is 0 Å². The van der Waals surface area contributed by atoms with Gasteiger partial charge in [-0.15, -0.1) is 0 Å². The number of nitrogens with one attached hydrogen (secondary N) is 1. The maximum Gasteiger partial charge on any atom is 0.278 e. The number of halogens is 2. The topological polar surface area (TPSA) is 85.2 Å². The van der Waals surface area contributed by atoms with Gasteiger partial charge in [-0.1, -0.05) is 23.7 Å². The van der Waals surface area contributed by atoms with E-state index in [2.05, 4.69) is 38.3 Å². The standard InChI is InChI=1S/C34H44ClFN4O3/c1-21(2)37-32(41)23-7-9-29(10-8-23)40-30-15-22(20-39-13-11-26(12-14-39)34(3,4)43)5-6-24(30)18-31(40)38-33(42)25-16-27(35)19-28(36)17-25/h5-6,15-17,19,21,23,26,29,43H,7-14,18,20H2,1-4H3,(H,37,41). The Hall–Kier alpha value is -2.81. The molecule has 5 rings (SSSR count). The fourth-order valence-corrected chi connectivity index (χ4v) is 7.11. The third-order valence-corrected chi connectivity index (χ3v) is 9.45. The molecule has 9 heteroatoms.